The quantitative estimate of drug-likeness (QED) is 0.471. The van der Waals surface area contributed by atoms with Crippen LogP contribution in [0, 0.1) is 10.1 Å². The normalized spacial score (nSPS) is 10.3. The van der Waals surface area contributed by atoms with Crippen molar-refractivity contribution in [2.45, 2.75) is 6.61 Å². The lowest BCUT2D eigenvalue weighted by molar-refractivity contribution is -0.383. The Morgan fingerprint density at radius 3 is 2.40 bits per heavy atom. The summed E-state index contributed by atoms with van der Waals surface area (Å²) in [6.45, 7) is 0.267. The van der Waals surface area contributed by atoms with Crippen LogP contribution in [0.5, 0.6) is 5.75 Å². The van der Waals surface area contributed by atoms with Crippen molar-refractivity contribution in [3.8, 4) is 5.75 Å². The highest BCUT2D eigenvalue weighted by molar-refractivity contribution is 9.11. The Hall–Kier alpha value is -1.60. The number of anilines is 1. The minimum Gasteiger partial charge on any atom is -0.487 e. The number of nitrogen functional groups attached to an aromatic ring is 1. The van der Waals surface area contributed by atoms with Crippen molar-refractivity contribution in [1.29, 1.82) is 0 Å². The van der Waals surface area contributed by atoms with Crippen LogP contribution in [0.2, 0.25) is 0 Å². The predicted molar refractivity (Wildman–Crippen MR) is 83.7 cm³/mol. The van der Waals surface area contributed by atoms with Crippen molar-refractivity contribution in [2.24, 2.45) is 0 Å². The van der Waals surface area contributed by atoms with Crippen LogP contribution in [0.1, 0.15) is 5.56 Å². The molecule has 0 aliphatic rings. The number of benzene rings is 2. The summed E-state index contributed by atoms with van der Waals surface area (Å²) in [6.07, 6.45) is 0. The number of para-hydroxylation sites is 1. The van der Waals surface area contributed by atoms with Crippen LogP contribution in [0.3, 0.4) is 0 Å². The van der Waals surface area contributed by atoms with E-state index < -0.39 is 4.92 Å². The number of nitrogens with zero attached hydrogens (tertiary/aromatic N) is 1. The molecule has 20 heavy (non-hydrogen) atoms. The van der Waals surface area contributed by atoms with Gasteiger partial charge in [-0.1, -0.05) is 6.07 Å². The Labute approximate surface area is 132 Å². The standard InChI is InChI=1S/C13H10Br2N2O3/c14-9-2-1-3-10(15)13(9)20-7-8-4-5-12(17(18)19)11(16)6-8/h1-6H,7,16H2. The van der Waals surface area contributed by atoms with E-state index in [2.05, 4.69) is 31.9 Å². The first-order valence-electron chi connectivity index (χ1n) is 5.58. The van der Waals surface area contributed by atoms with Gasteiger partial charge in [0.05, 0.1) is 13.9 Å². The summed E-state index contributed by atoms with van der Waals surface area (Å²) in [5.41, 5.74) is 6.42. The predicted octanol–water partition coefficient (Wildman–Crippen LogP) is 4.28. The van der Waals surface area contributed by atoms with E-state index in [0.29, 0.717) is 5.75 Å². The molecule has 2 rings (SSSR count). The average Bonchev–Trinajstić information content (AvgIpc) is 2.37. The van der Waals surface area contributed by atoms with Crippen molar-refractivity contribution in [1.82, 2.24) is 0 Å². The lowest BCUT2D eigenvalue weighted by atomic mass is 10.2. The smallest absolute Gasteiger partial charge is 0.292 e. The van der Waals surface area contributed by atoms with Crippen molar-refractivity contribution < 1.29 is 9.66 Å². The summed E-state index contributed by atoms with van der Waals surface area (Å²) in [5.74, 6) is 0.671. The van der Waals surface area contributed by atoms with Crippen LogP contribution >= 0.6 is 31.9 Å². The second kappa shape index (κ2) is 6.23. The molecule has 7 heteroatoms. The number of nitro benzene ring substituents is 1. The first-order valence-corrected chi connectivity index (χ1v) is 7.17. The minimum atomic E-state index is -0.510. The average molecular weight is 402 g/mol. The van der Waals surface area contributed by atoms with Crippen molar-refractivity contribution in [3.63, 3.8) is 0 Å². The Bertz CT molecular complexity index is 642. The number of ether oxygens (including phenoxy) is 1. The third kappa shape index (κ3) is 3.29. The molecule has 0 amide bonds. The second-order valence-corrected chi connectivity index (χ2v) is 5.70. The molecule has 0 saturated heterocycles. The molecule has 104 valence electrons. The molecule has 2 aromatic carbocycles. The van der Waals surface area contributed by atoms with E-state index in [1.165, 1.54) is 6.07 Å². The molecule has 0 bridgehead atoms. The molecule has 0 saturated carbocycles. The van der Waals surface area contributed by atoms with Crippen LogP contribution in [-0.2, 0) is 6.61 Å². The summed E-state index contributed by atoms with van der Waals surface area (Å²) in [6, 6.07) is 10.2. The largest absolute Gasteiger partial charge is 0.487 e. The summed E-state index contributed by atoms with van der Waals surface area (Å²) in [7, 11) is 0. The van der Waals surface area contributed by atoms with Gasteiger partial charge in [0.25, 0.3) is 5.69 Å². The molecule has 0 aliphatic heterocycles. The SMILES string of the molecule is Nc1cc(COc2c(Br)cccc2Br)ccc1[N+](=O)[O-]. The van der Waals surface area contributed by atoms with Gasteiger partial charge in [-0.3, -0.25) is 10.1 Å². The topological polar surface area (TPSA) is 78.4 Å². The van der Waals surface area contributed by atoms with E-state index in [0.717, 1.165) is 14.5 Å². The zero-order chi connectivity index (χ0) is 14.7. The number of nitro groups is 1. The number of rotatable bonds is 4. The van der Waals surface area contributed by atoms with Gasteiger partial charge in [-0.05, 0) is 61.7 Å². The highest BCUT2D eigenvalue weighted by Gasteiger charge is 2.12. The first-order chi connectivity index (χ1) is 9.49. The zero-order valence-corrected chi connectivity index (χ0v) is 13.3. The number of nitrogens with two attached hydrogens (primary N) is 1. The fourth-order valence-corrected chi connectivity index (χ4v) is 2.86. The fourth-order valence-electron chi connectivity index (χ4n) is 1.64. The van der Waals surface area contributed by atoms with Crippen LogP contribution in [0.25, 0.3) is 0 Å². The maximum atomic E-state index is 10.7. The highest BCUT2D eigenvalue weighted by atomic mass is 79.9. The zero-order valence-electron chi connectivity index (χ0n) is 10.2. The van der Waals surface area contributed by atoms with E-state index in [1.54, 1.807) is 12.1 Å². The summed E-state index contributed by atoms with van der Waals surface area (Å²) < 4.78 is 7.33. The molecular weight excluding hydrogens is 392 g/mol. The third-order valence-corrected chi connectivity index (χ3v) is 3.84. The van der Waals surface area contributed by atoms with Gasteiger partial charge < -0.3 is 10.5 Å². The van der Waals surface area contributed by atoms with E-state index in [-0.39, 0.29) is 18.0 Å². The monoisotopic (exact) mass is 400 g/mol. The summed E-state index contributed by atoms with van der Waals surface area (Å²) in [4.78, 5) is 10.2. The molecular formula is C13H10Br2N2O3. The van der Waals surface area contributed by atoms with Crippen LogP contribution in [0.15, 0.2) is 45.3 Å². The van der Waals surface area contributed by atoms with Crippen LogP contribution in [-0.4, -0.2) is 4.92 Å². The van der Waals surface area contributed by atoms with Gasteiger partial charge in [0, 0.05) is 6.07 Å². The molecule has 5 nitrogen and oxygen atoms in total. The van der Waals surface area contributed by atoms with Gasteiger partial charge in [-0.25, -0.2) is 0 Å². The van der Waals surface area contributed by atoms with E-state index in [1.807, 2.05) is 18.2 Å². The summed E-state index contributed by atoms with van der Waals surface area (Å²) in [5, 5.41) is 10.7. The Kier molecular flexibility index (Phi) is 4.61. The molecule has 0 fully saturated rings. The molecule has 0 radical (unpaired) electrons. The lowest BCUT2D eigenvalue weighted by Gasteiger charge is -2.10. The highest BCUT2D eigenvalue weighted by Crippen LogP contribution is 2.33. The second-order valence-electron chi connectivity index (χ2n) is 3.99. The molecule has 0 unspecified atom stereocenters. The first kappa shape index (κ1) is 14.8. The Balaban J connectivity index is 2.16. The van der Waals surface area contributed by atoms with Crippen LogP contribution in [0.4, 0.5) is 11.4 Å². The third-order valence-electron chi connectivity index (χ3n) is 2.59. The van der Waals surface area contributed by atoms with Gasteiger partial charge >= 0.3 is 0 Å². The maximum Gasteiger partial charge on any atom is 0.292 e. The molecule has 0 atom stereocenters. The molecule has 0 aliphatic carbocycles. The minimum absolute atomic E-state index is 0.101. The fraction of sp³-hybridized carbons (Fsp3) is 0.0769. The lowest BCUT2D eigenvalue weighted by Crippen LogP contribution is -2.00. The van der Waals surface area contributed by atoms with Crippen molar-refractivity contribution >= 4 is 43.2 Å². The van der Waals surface area contributed by atoms with Crippen LogP contribution < -0.4 is 10.5 Å². The van der Waals surface area contributed by atoms with E-state index >= 15 is 0 Å². The Morgan fingerprint density at radius 1 is 1.20 bits per heavy atom. The number of hydrogen-bond donors (Lipinski definition) is 1. The molecule has 2 N–H and O–H groups in total. The number of halogens is 2. The van der Waals surface area contributed by atoms with Crippen molar-refractivity contribution in [3.05, 3.63) is 61.0 Å². The molecule has 0 spiro atoms. The van der Waals surface area contributed by atoms with Gasteiger partial charge in [0.2, 0.25) is 0 Å². The van der Waals surface area contributed by atoms with Crippen molar-refractivity contribution in [2.75, 3.05) is 5.73 Å². The van der Waals surface area contributed by atoms with Gasteiger partial charge in [0.15, 0.2) is 0 Å². The molecule has 0 aromatic heterocycles. The van der Waals surface area contributed by atoms with Gasteiger partial charge in [0.1, 0.15) is 18.0 Å². The summed E-state index contributed by atoms with van der Waals surface area (Å²) >= 11 is 6.79. The molecule has 0 heterocycles. The van der Waals surface area contributed by atoms with E-state index in [9.17, 15) is 10.1 Å². The van der Waals surface area contributed by atoms with Gasteiger partial charge in [-0.2, -0.15) is 0 Å². The van der Waals surface area contributed by atoms with E-state index in [4.69, 9.17) is 10.5 Å². The number of hydrogen-bond acceptors (Lipinski definition) is 4. The molecule has 2 aromatic rings. The maximum absolute atomic E-state index is 10.7. The Morgan fingerprint density at radius 2 is 1.85 bits per heavy atom. The van der Waals surface area contributed by atoms with Gasteiger partial charge in [-0.15, -0.1) is 0 Å².